The summed E-state index contributed by atoms with van der Waals surface area (Å²) < 4.78 is 35.7. The molecular formula is C17H24N4O4S. The molecule has 1 aliphatic heterocycles. The van der Waals surface area contributed by atoms with Crippen molar-refractivity contribution in [2.45, 2.75) is 19.9 Å². The first-order valence-corrected chi connectivity index (χ1v) is 10.5. The first-order valence-electron chi connectivity index (χ1n) is 8.69. The van der Waals surface area contributed by atoms with E-state index in [2.05, 4.69) is 15.0 Å². The van der Waals surface area contributed by atoms with E-state index < -0.39 is 10.0 Å². The second kappa shape index (κ2) is 8.15. The lowest BCUT2D eigenvalue weighted by molar-refractivity contribution is 0.236. The van der Waals surface area contributed by atoms with Gasteiger partial charge in [0.2, 0.25) is 21.7 Å². The Bertz CT molecular complexity index is 820. The van der Waals surface area contributed by atoms with E-state index in [1.54, 1.807) is 0 Å². The standard InChI is InChI=1S/C17H24N4O4S/c1-3-24-15-7-5-14(6-8-15)17-18-16(25-19-17)13-20-9-4-10-21(12-11-20)26(2,22)23/h5-8H,3-4,9-13H2,1-2H3. The Balaban J connectivity index is 1.61. The second-order valence-electron chi connectivity index (χ2n) is 6.26. The highest BCUT2D eigenvalue weighted by Gasteiger charge is 2.22. The molecule has 3 rings (SSSR count). The molecule has 2 aromatic rings. The average molecular weight is 380 g/mol. The van der Waals surface area contributed by atoms with E-state index in [9.17, 15) is 8.42 Å². The van der Waals surface area contributed by atoms with E-state index in [1.165, 1.54) is 10.6 Å². The Kier molecular flexibility index (Phi) is 5.90. The third-order valence-electron chi connectivity index (χ3n) is 4.27. The van der Waals surface area contributed by atoms with Crippen LogP contribution < -0.4 is 4.74 Å². The van der Waals surface area contributed by atoms with Gasteiger partial charge >= 0.3 is 0 Å². The number of sulfonamides is 1. The van der Waals surface area contributed by atoms with Crippen LogP contribution in [0, 0.1) is 0 Å². The first kappa shape index (κ1) is 18.8. The fourth-order valence-electron chi connectivity index (χ4n) is 2.93. The minimum Gasteiger partial charge on any atom is -0.494 e. The van der Waals surface area contributed by atoms with Gasteiger partial charge in [0.25, 0.3) is 0 Å². The monoisotopic (exact) mass is 380 g/mol. The molecule has 0 bridgehead atoms. The van der Waals surface area contributed by atoms with Gasteiger partial charge in [-0.2, -0.15) is 4.98 Å². The van der Waals surface area contributed by atoms with Gasteiger partial charge in [0.05, 0.1) is 19.4 Å². The molecule has 0 aliphatic carbocycles. The zero-order chi connectivity index (χ0) is 18.6. The van der Waals surface area contributed by atoms with Crippen LogP contribution in [-0.4, -0.2) is 66.8 Å². The molecule has 26 heavy (non-hydrogen) atoms. The van der Waals surface area contributed by atoms with Crippen molar-refractivity contribution in [2.75, 3.05) is 39.0 Å². The van der Waals surface area contributed by atoms with E-state index in [-0.39, 0.29) is 0 Å². The van der Waals surface area contributed by atoms with Crippen LogP contribution in [0.2, 0.25) is 0 Å². The molecule has 0 saturated carbocycles. The van der Waals surface area contributed by atoms with Crippen LogP contribution in [-0.2, 0) is 16.6 Å². The molecule has 0 radical (unpaired) electrons. The number of rotatable bonds is 6. The summed E-state index contributed by atoms with van der Waals surface area (Å²) >= 11 is 0. The number of nitrogens with zero attached hydrogens (tertiary/aromatic N) is 4. The maximum Gasteiger partial charge on any atom is 0.241 e. The van der Waals surface area contributed by atoms with Gasteiger partial charge in [-0.05, 0) is 44.2 Å². The zero-order valence-corrected chi connectivity index (χ0v) is 15.9. The van der Waals surface area contributed by atoms with Crippen molar-refractivity contribution in [3.63, 3.8) is 0 Å². The van der Waals surface area contributed by atoms with Crippen molar-refractivity contribution in [2.24, 2.45) is 0 Å². The summed E-state index contributed by atoms with van der Waals surface area (Å²) in [6.07, 6.45) is 2.04. The average Bonchev–Trinajstić information content (AvgIpc) is 2.92. The first-order chi connectivity index (χ1) is 12.5. The molecule has 0 spiro atoms. The lowest BCUT2D eigenvalue weighted by atomic mass is 10.2. The van der Waals surface area contributed by atoms with Gasteiger partial charge in [-0.25, -0.2) is 12.7 Å². The third kappa shape index (κ3) is 4.80. The van der Waals surface area contributed by atoms with Crippen LogP contribution in [0.25, 0.3) is 11.4 Å². The van der Waals surface area contributed by atoms with Crippen LogP contribution in [0.3, 0.4) is 0 Å². The summed E-state index contributed by atoms with van der Waals surface area (Å²) in [7, 11) is -3.14. The molecule has 1 saturated heterocycles. The van der Waals surface area contributed by atoms with Gasteiger partial charge in [0, 0.05) is 25.2 Å². The highest BCUT2D eigenvalue weighted by Crippen LogP contribution is 2.20. The Morgan fingerprint density at radius 2 is 1.92 bits per heavy atom. The topological polar surface area (TPSA) is 88.8 Å². The predicted octanol–water partition coefficient (Wildman–Crippen LogP) is 1.60. The van der Waals surface area contributed by atoms with Crippen molar-refractivity contribution >= 4 is 10.0 Å². The van der Waals surface area contributed by atoms with Crippen LogP contribution in [0.15, 0.2) is 28.8 Å². The summed E-state index contributed by atoms with van der Waals surface area (Å²) in [4.78, 5) is 6.60. The van der Waals surface area contributed by atoms with E-state index in [4.69, 9.17) is 9.26 Å². The predicted molar refractivity (Wildman–Crippen MR) is 97.2 cm³/mol. The minimum atomic E-state index is -3.14. The molecular weight excluding hydrogens is 356 g/mol. The Morgan fingerprint density at radius 1 is 1.15 bits per heavy atom. The maximum atomic E-state index is 11.7. The number of hydrogen-bond acceptors (Lipinski definition) is 7. The highest BCUT2D eigenvalue weighted by molar-refractivity contribution is 7.88. The smallest absolute Gasteiger partial charge is 0.241 e. The van der Waals surface area contributed by atoms with E-state index in [0.717, 1.165) is 24.3 Å². The van der Waals surface area contributed by atoms with Gasteiger partial charge in [-0.1, -0.05) is 5.16 Å². The van der Waals surface area contributed by atoms with E-state index in [1.807, 2.05) is 31.2 Å². The van der Waals surface area contributed by atoms with E-state index >= 15 is 0 Å². The molecule has 0 unspecified atom stereocenters. The minimum absolute atomic E-state index is 0.485. The van der Waals surface area contributed by atoms with Gasteiger partial charge in [-0.15, -0.1) is 0 Å². The molecule has 0 atom stereocenters. The van der Waals surface area contributed by atoms with Crippen molar-refractivity contribution in [1.82, 2.24) is 19.3 Å². The van der Waals surface area contributed by atoms with Crippen LogP contribution in [0.1, 0.15) is 19.2 Å². The van der Waals surface area contributed by atoms with E-state index in [0.29, 0.717) is 44.5 Å². The van der Waals surface area contributed by atoms with Crippen molar-refractivity contribution < 1.29 is 17.7 Å². The number of ether oxygens (including phenoxy) is 1. The molecule has 142 valence electrons. The molecule has 1 fully saturated rings. The molecule has 2 heterocycles. The Morgan fingerprint density at radius 3 is 2.62 bits per heavy atom. The largest absolute Gasteiger partial charge is 0.494 e. The second-order valence-corrected chi connectivity index (χ2v) is 8.24. The summed E-state index contributed by atoms with van der Waals surface area (Å²) in [5, 5.41) is 4.05. The molecule has 1 aromatic heterocycles. The SMILES string of the molecule is CCOc1ccc(-c2noc(CN3CCCN(S(C)(=O)=O)CC3)n2)cc1. The fourth-order valence-corrected chi connectivity index (χ4v) is 3.81. The highest BCUT2D eigenvalue weighted by atomic mass is 32.2. The molecule has 0 amide bonds. The molecule has 8 nitrogen and oxygen atoms in total. The number of benzene rings is 1. The van der Waals surface area contributed by atoms with Gasteiger partial charge < -0.3 is 9.26 Å². The summed E-state index contributed by atoms with van der Waals surface area (Å²) in [5.74, 6) is 1.87. The summed E-state index contributed by atoms with van der Waals surface area (Å²) in [6, 6.07) is 7.55. The van der Waals surface area contributed by atoms with Crippen molar-refractivity contribution in [3.8, 4) is 17.1 Å². The summed E-state index contributed by atoms with van der Waals surface area (Å²) in [6.45, 7) is 5.56. The number of hydrogen-bond donors (Lipinski definition) is 0. The lowest BCUT2D eigenvalue weighted by Gasteiger charge is -2.18. The van der Waals surface area contributed by atoms with Gasteiger partial charge in [0.15, 0.2) is 0 Å². The normalized spacial score (nSPS) is 17.2. The third-order valence-corrected chi connectivity index (χ3v) is 5.57. The fraction of sp³-hybridized carbons (Fsp3) is 0.529. The van der Waals surface area contributed by atoms with Crippen molar-refractivity contribution in [1.29, 1.82) is 0 Å². The lowest BCUT2D eigenvalue weighted by Crippen LogP contribution is -2.34. The van der Waals surface area contributed by atoms with Crippen LogP contribution in [0.4, 0.5) is 0 Å². The maximum absolute atomic E-state index is 11.7. The van der Waals surface area contributed by atoms with Gasteiger partial charge in [0.1, 0.15) is 5.75 Å². The van der Waals surface area contributed by atoms with Gasteiger partial charge in [-0.3, -0.25) is 4.90 Å². The molecule has 9 heteroatoms. The van der Waals surface area contributed by atoms with Crippen LogP contribution in [0.5, 0.6) is 5.75 Å². The van der Waals surface area contributed by atoms with Crippen molar-refractivity contribution in [3.05, 3.63) is 30.2 Å². The molecule has 1 aromatic carbocycles. The Hall–Kier alpha value is -1.97. The molecule has 1 aliphatic rings. The van der Waals surface area contributed by atoms with Crippen LogP contribution >= 0.6 is 0 Å². The number of aromatic nitrogens is 2. The summed E-state index contributed by atoms with van der Waals surface area (Å²) in [5.41, 5.74) is 0.863. The molecule has 0 N–H and O–H groups in total. The Labute approximate surface area is 153 Å². The zero-order valence-electron chi connectivity index (χ0n) is 15.1. The quantitative estimate of drug-likeness (QED) is 0.752.